The van der Waals surface area contributed by atoms with E-state index in [1.54, 1.807) is 0 Å². The summed E-state index contributed by atoms with van der Waals surface area (Å²) in [5.41, 5.74) is 3.15. The summed E-state index contributed by atoms with van der Waals surface area (Å²) in [5.74, 6) is 3.18. The van der Waals surface area contributed by atoms with Crippen LogP contribution in [-0.2, 0) is 11.8 Å². The smallest absolute Gasteiger partial charge is 0.203 e. The minimum absolute atomic E-state index is 0.243. The van der Waals surface area contributed by atoms with Gasteiger partial charge < -0.3 is 19.7 Å². The van der Waals surface area contributed by atoms with Crippen LogP contribution in [0.25, 0.3) is 0 Å². The first-order valence-corrected chi connectivity index (χ1v) is 15.9. The minimum atomic E-state index is -0.643. The van der Waals surface area contributed by atoms with E-state index in [0.29, 0.717) is 36.5 Å². The van der Waals surface area contributed by atoms with Gasteiger partial charge in [-0.3, -0.25) is 0 Å². The Labute approximate surface area is 241 Å². The molecule has 5 rings (SSSR count). The average Bonchev–Trinajstić information content (AvgIpc) is 3.46. The SMILES string of the molecule is C=C1/C(=C\C=C2/CCC[C@]3(C)[C@@H]([C@H](C)/C=C/[C@@H](O)C4(c5ncc(CCCCC)o5)CC4)CC[C@@H]23)C[C@@H](O)C[C@@H]1O. The summed E-state index contributed by atoms with van der Waals surface area (Å²) in [7, 11) is 0. The normalized spacial score (nSPS) is 35.4. The van der Waals surface area contributed by atoms with Gasteiger partial charge in [-0.1, -0.05) is 70.1 Å². The highest BCUT2D eigenvalue weighted by Gasteiger charge is 2.54. The number of aromatic nitrogens is 1. The van der Waals surface area contributed by atoms with Crippen molar-refractivity contribution in [2.24, 2.45) is 23.2 Å². The Hall–Kier alpha value is -1.95. The third-order valence-corrected chi connectivity index (χ3v) is 10.9. The van der Waals surface area contributed by atoms with Gasteiger partial charge in [0.25, 0.3) is 0 Å². The molecule has 0 saturated heterocycles. The van der Waals surface area contributed by atoms with Crippen LogP contribution >= 0.6 is 0 Å². The molecule has 0 bridgehead atoms. The van der Waals surface area contributed by atoms with E-state index in [1.807, 2.05) is 12.3 Å². The van der Waals surface area contributed by atoms with Gasteiger partial charge in [-0.2, -0.15) is 0 Å². The third-order valence-electron chi connectivity index (χ3n) is 10.9. The van der Waals surface area contributed by atoms with Crippen molar-refractivity contribution < 1.29 is 19.7 Å². The van der Waals surface area contributed by atoms with E-state index < -0.39 is 18.3 Å². The number of nitrogens with zero attached hydrogens (tertiary/aromatic N) is 1. The molecule has 0 aliphatic heterocycles. The monoisotopic (exact) mass is 549 g/mol. The lowest BCUT2D eigenvalue weighted by molar-refractivity contribution is 0.0862. The molecule has 220 valence electrons. The van der Waals surface area contributed by atoms with Gasteiger partial charge >= 0.3 is 0 Å². The molecule has 0 radical (unpaired) electrons. The maximum atomic E-state index is 11.3. The van der Waals surface area contributed by atoms with E-state index in [0.717, 1.165) is 49.0 Å². The van der Waals surface area contributed by atoms with Crippen molar-refractivity contribution in [2.45, 2.75) is 128 Å². The predicted molar refractivity (Wildman–Crippen MR) is 160 cm³/mol. The highest BCUT2D eigenvalue weighted by Crippen LogP contribution is 2.60. The summed E-state index contributed by atoms with van der Waals surface area (Å²) < 4.78 is 6.12. The van der Waals surface area contributed by atoms with E-state index in [4.69, 9.17) is 4.42 Å². The maximum absolute atomic E-state index is 11.3. The van der Waals surface area contributed by atoms with Crippen LogP contribution < -0.4 is 0 Å². The topological polar surface area (TPSA) is 86.7 Å². The molecule has 1 heterocycles. The number of aliphatic hydroxyl groups is 3. The van der Waals surface area contributed by atoms with Gasteiger partial charge in [0.2, 0.25) is 5.89 Å². The van der Waals surface area contributed by atoms with E-state index in [2.05, 4.69) is 50.6 Å². The van der Waals surface area contributed by atoms with Crippen molar-refractivity contribution in [3.63, 3.8) is 0 Å². The summed E-state index contributed by atoms with van der Waals surface area (Å²) in [5, 5.41) is 31.6. The van der Waals surface area contributed by atoms with Crippen LogP contribution in [0.5, 0.6) is 0 Å². The number of aliphatic hydroxyl groups excluding tert-OH is 3. The fourth-order valence-electron chi connectivity index (χ4n) is 8.18. The average molecular weight is 550 g/mol. The van der Waals surface area contributed by atoms with Crippen molar-refractivity contribution in [1.29, 1.82) is 0 Å². The lowest BCUT2D eigenvalue weighted by Crippen LogP contribution is -2.35. The van der Waals surface area contributed by atoms with Gasteiger partial charge in [-0.25, -0.2) is 4.98 Å². The number of rotatable bonds is 10. The Morgan fingerprint density at radius 2 is 1.95 bits per heavy atom. The Morgan fingerprint density at radius 3 is 2.70 bits per heavy atom. The number of allylic oxidation sites excluding steroid dienone is 4. The molecule has 0 aromatic carbocycles. The molecule has 4 fully saturated rings. The number of unbranched alkanes of at least 4 members (excludes halogenated alkanes) is 2. The van der Waals surface area contributed by atoms with E-state index >= 15 is 0 Å². The molecular formula is C35H51NO4. The number of hydrogen-bond acceptors (Lipinski definition) is 5. The van der Waals surface area contributed by atoms with Gasteiger partial charge in [0, 0.05) is 12.8 Å². The maximum Gasteiger partial charge on any atom is 0.203 e. The van der Waals surface area contributed by atoms with Crippen LogP contribution in [-0.4, -0.2) is 38.6 Å². The molecule has 4 aliphatic rings. The number of oxazole rings is 1. The summed E-state index contributed by atoms with van der Waals surface area (Å²) in [4.78, 5) is 4.59. The summed E-state index contributed by atoms with van der Waals surface area (Å²) >= 11 is 0. The highest BCUT2D eigenvalue weighted by atomic mass is 16.4. The van der Waals surface area contributed by atoms with Crippen LogP contribution in [0.15, 0.2) is 58.2 Å². The zero-order valence-electron chi connectivity index (χ0n) is 24.9. The van der Waals surface area contributed by atoms with Crippen LogP contribution in [0.3, 0.4) is 0 Å². The molecule has 5 nitrogen and oxygen atoms in total. The molecule has 40 heavy (non-hydrogen) atoms. The second kappa shape index (κ2) is 12.1. The van der Waals surface area contributed by atoms with E-state index in [9.17, 15) is 15.3 Å². The fraction of sp³-hybridized carbons (Fsp3) is 0.686. The largest absolute Gasteiger partial charge is 0.445 e. The molecule has 4 saturated carbocycles. The zero-order valence-corrected chi connectivity index (χ0v) is 24.9. The molecule has 1 aromatic heterocycles. The molecule has 0 unspecified atom stereocenters. The standard InChI is InChI=1S/C35H51NO4/c1-5-6-7-10-28-22-36-33(40-28)35(18-19-35)32(39)16-11-23(2)29-14-15-30-25(9-8-17-34(29,30)4)12-13-26-20-27(37)21-31(38)24(26)3/h11-13,16,22-23,27,29-32,37-39H,3,5-10,14-15,17-21H2,1-2,4H3/b16-11+,25-12+,26-13-/t23-,27-,29-,30+,31+,32-,34-/m1/s1. The number of hydrogen-bond donors (Lipinski definition) is 3. The minimum Gasteiger partial charge on any atom is -0.445 e. The fourth-order valence-corrected chi connectivity index (χ4v) is 8.18. The van der Waals surface area contributed by atoms with Gasteiger partial charge in [0.05, 0.1) is 29.9 Å². The molecule has 5 heteroatoms. The lowest BCUT2D eigenvalue weighted by Gasteiger charge is -2.44. The second-order valence-corrected chi connectivity index (χ2v) is 13.6. The van der Waals surface area contributed by atoms with Gasteiger partial charge in [0.15, 0.2) is 0 Å². The van der Waals surface area contributed by atoms with Crippen LogP contribution in [0.4, 0.5) is 0 Å². The summed E-state index contributed by atoms with van der Waals surface area (Å²) in [6, 6.07) is 0. The van der Waals surface area contributed by atoms with E-state index in [1.165, 1.54) is 44.1 Å². The molecule has 0 spiro atoms. The first kappa shape index (κ1) is 29.5. The van der Waals surface area contributed by atoms with Gasteiger partial charge in [0.1, 0.15) is 5.76 Å². The summed E-state index contributed by atoms with van der Waals surface area (Å²) in [6.45, 7) is 11.1. The van der Waals surface area contributed by atoms with Crippen molar-refractivity contribution in [1.82, 2.24) is 4.98 Å². The Balaban J connectivity index is 1.24. The number of fused-ring (bicyclic) bond motifs is 1. The Bertz CT molecular complexity index is 1140. The molecule has 0 amide bonds. The Morgan fingerprint density at radius 1 is 1.15 bits per heavy atom. The van der Waals surface area contributed by atoms with Crippen molar-refractivity contribution in [3.05, 3.63) is 65.5 Å². The quantitative estimate of drug-likeness (QED) is 0.213. The molecule has 3 N–H and O–H groups in total. The predicted octanol–water partition coefficient (Wildman–Crippen LogP) is 7.13. The van der Waals surface area contributed by atoms with E-state index in [-0.39, 0.29) is 10.8 Å². The van der Waals surface area contributed by atoms with Crippen LogP contribution in [0, 0.1) is 23.2 Å². The van der Waals surface area contributed by atoms with Crippen molar-refractivity contribution >= 4 is 0 Å². The highest BCUT2D eigenvalue weighted by molar-refractivity contribution is 5.38. The first-order chi connectivity index (χ1) is 19.2. The van der Waals surface area contributed by atoms with Crippen LogP contribution in [0.1, 0.15) is 109 Å². The Kier molecular flexibility index (Phi) is 8.94. The molecule has 4 aliphatic carbocycles. The number of aryl methyl sites for hydroxylation is 1. The molecule has 1 aromatic rings. The first-order valence-electron chi connectivity index (χ1n) is 15.9. The molecular weight excluding hydrogens is 498 g/mol. The lowest BCUT2D eigenvalue weighted by atomic mass is 9.61. The van der Waals surface area contributed by atoms with Crippen molar-refractivity contribution in [3.8, 4) is 0 Å². The second-order valence-electron chi connectivity index (χ2n) is 13.6. The van der Waals surface area contributed by atoms with Crippen LogP contribution in [0.2, 0.25) is 0 Å². The zero-order chi connectivity index (χ0) is 28.5. The third kappa shape index (κ3) is 5.84. The van der Waals surface area contributed by atoms with Crippen molar-refractivity contribution in [2.75, 3.05) is 0 Å². The van der Waals surface area contributed by atoms with Gasteiger partial charge in [-0.05, 0) is 92.1 Å². The van der Waals surface area contributed by atoms with Gasteiger partial charge in [-0.15, -0.1) is 0 Å². The molecule has 7 atom stereocenters. The summed E-state index contributed by atoms with van der Waals surface area (Å²) in [6.07, 6.45) is 22.1.